The Morgan fingerprint density at radius 1 is 1.03 bits per heavy atom. The van der Waals surface area contributed by atoms with Crippen molar-refractivity contribution in [1.29, 1.82) is 0 Å². The Balaban J connectivity index is 1.42. The highest BCUT2D eigenvalue weighted by Crippen LogP contribution is 2.23. The molecule has 0 radical (unpaired) electrons. The van der Waals surface area contributed by atoms with E-state index < -0.39 is 5.97 Å². The molecule has 1 saturated carbocycles. The largest absolute Gasteiger partial charge is 0.477 e. The van der Waals surface area contributed by atoms with Gasteiger partial charge in [0.2, 0.25) is 0 Å². The lowest BCUT2D eigenvalue weighted by molar-refractivity contribution is 0.0689. The summed E-state index contributed by atoms with van der Waals surface area (Å²) in [4.78, 5) is 38.6. The third kappa shape index (κ3) is 4.21. The summed E-state index contributed by atoms with van der Waals surface area (Å²) in [5.74, 6) is -1.41. The molecule has 3 aromatic rings. The van der Waals surface area contributed by atoms with E-state index >= 15 is 0 Å². The lowest BCUT2D eigenvalue weighted by atomic mass is 10.1. The normalized spacial score (nSPS) is 13.1. The number of hydrogen-bond donors (Lipinski definition) is 5. The maximum atomic E-state index is 12.5. The first-order chi connectivity index (χ1) is 14.0. The van der Waals surface area contributed by atoms with Gasteiger partial charge in [0.25, 0.3) is 5.91 Å². The van der Waals surface area contributed by atoms with Crippen LogP contribution in [0.1, 0.15) is 39.3 Å². The molecule has 3 amide bonds. The first-order valence-electron chi connectivity index (χ1n) is 9.30. The van der Waals surface area contributed by atoms with Crippen molar-refractivity contribution in [3.05, 3.63) is 65.4 Å². The van der Waals surface area contributed by atoms with Crippen molar-refractivity contribution in [3.63, 3.8) is 0 Å². The number of rotatable bonds is 6. The van der Waals surface area contributed by atoms with Crippen molar-refractivity contribution < 1.29 is 19.5 Å². The van der Waals surface area contributed by atoms with Crippen molar-refractivity contribution in [3.8, 4) is 0 Å². The molecule has 0 spiro atoms. The molecular formula is C21H20N4O4. The Hall–Kier alpha value is -3.81. The molecule has 1 aliphatic rings. The number of aromatic nitrogens is 1. The number of aromatic carboxylic acids is 1. The molecule has 4 rings (SSSR count). The second-order valence-electron chi connectivity index (χ2n) is 6.96. The summed E-state index contributed by atoms with van der Waals surface area (Å²) in [6.45, 7) is 0.0777. The minimum atomic E-state index is -1.08. The Morgan fingerprint density at radius 2 is 1.76 bits per heavy atom. The Morgan fingerprint density at radius 3 is 2.45 bits per heavy atom. The number of hydrogen-bond acceptors (Lipinski definition) is 3. The summed E-state index contributed by atoms with van der Waals surface area (Å²) in [6, 6.07) is 13.7. The van der Waals surface area contributed by atoms with E-state index in [0.717, 1.165) is 18.2 Å². The van der Waals surface area contributed by atoms with E-state index in [1.54, 1.807) is 30.3 Å². The number of para-hydroxylation sites is 1. The van der Waals surface area contributed by atoms with Gasteiger partial charge in [-0.05, 0) is 43.2 Å². The molecule has 8 nitrogen and oxygen atoms in total. The van der Waals surface area contributed by atoms with Crippen LogP contribution in [0.25, 0.3) is 10.9 Å². The monoisotopic (exact) mass is 392 g/mol. The summed E-state index contributed by atoms with van der Waals surface area (Å²) >= 11 is 0. The van der Waals surface area contributed by atoms with Crippen LogP contribution in [0.3, 0.4) is 0 Å². The minimum Gasteiger partial charge on any atom is -0.477 e. The van der Waals surface area contributed by atoms with E-state index in [-0.39, 0.29) is 30.2 Å². The zero-order chi connectivity index (χ0) is 20.4. The van der Waals surface area contributed by atoms with E-state index in [2.05, 4.69) is 20.9 Å². The molecule has 8 heteroatoms. The molecule has 0 bridgehead atoms. The summed E-state index contributed by atoms with van der Waals surface area (Å²) < 4.78 is 0. The lowest BCUT2D eigenvalue weighted by Gasteiger charge is -2.08. The standard InChI is InChI=1S/C21H20N4O4/c26-19(12-5-7-13(8-6-12)23-21(29)24-14-9-10-14)22-11-16-15-3-1-2-4-17(15)25-18(16)20(27)28/h1-8,14,25H,9-11H2,(H,22,26)(H,27,28)(H2,23,24,29). The molecule has 0 saturated heterocycles. The van der Waals surface area contributed by atoms with Gasteiger partial charge >= 0.3 is 12.0 Å². The second-order valence-corrected chi connectivity index (χ2v) is 6.96. The number of H-pyrrole nitrogens is 1. The number of carbonyl (C=O) groups excluding carboxylic acids is 2. The molecule has 148 valence electrons. The second kappa shape index (κ2) is 7.67. The number of aromatic amines is 1. The summed E-state index contributed by atoms with van der Waals surface area (Å²) in [6.07, 6.45) is 2.01. The molecule has 0 unspecified atom stereocenters. The summed E-state index contributed by atoms with van der Waals surface area (Å²) in [5.41, 5.74) is 2.29. The van der Waals surface area contributed by atoms with Crippen LogP contribution < -0.4 is 16.0 Å². The van der Waals surface area contributed by atoms with Gasteiger partial charge in [0.1, 0.15) is 5.69 Å². The van der Waals surface area contributed by atoms with E-state index in [0.29, 0.717) is 22.3 Å². The molecule has 2 aromatic carbocycles. The van der Waals surface area contributed by atoms with Gasteiger partial charge in [-0.15, -0.1) is 0 Å². The molecule has 0 aliphatic heterocycles. The zero-order valence-corrected chi connectivity index (χ0v) is 15.5. The topological polar surface area (TPSA) is 123 Å². The predicted molar refractivity (Wildman–Crippen MR) is 108 cm³/mol. The number of carboxylic acids is 1. The molecule has 1 aliphatic carbocycles. The van der Waals surface area contributed by atoms with Gasteiger partial charge in [-0.25, -0.2) is 9.59 Å². The maximum Gasteiger partial charge on any atom is 0.352 e. The van der Waals surface area contributed by atoms with E-state index in [1.807, 2.05) is 18.2 Å². The van der Waals surface area contributed by atoms with E-state index in [4.69, 9.17) is 0 Å². The average molecular weight is 392 g/mol. The maximum absolute atomic E-state index is 12.5. The van der Waals surface area contributed by atoms with Crippen LogP contribution in [0.5, 0.6) is 0 Å². The number of nitrogens with one attached hydrogen (secondary N) is 4. The highest BCUT2D eigenvalue weighted by molar-refractivity contribution is 5.99. The van der Waals surface area contributed by atoms with Gasteiger partial charge in [0, 0.05) is 40.3 Å². The van der Waals surface area contributed by atoms with Crippen molar-refractivity contribution >= 4 is 34.5 Å². The quantitative estimate of drug-likeness (QED) is 0.442. The lowest BCUT2D eigenvalue weighted by Crippen LogP contribution is -2.30. The highest BCUT2D eigenvalue weighted by Gasteiger charge is 2.23. The van der Waals surface area contributed by atoms with Gasteiger partial charge in [-0.1, -0.05) is 18.2 Å². The zero-order valence-electron chi connectivity index (χ0n) is 15.5. The average Bonchev–Trinajstić information content (AvgIpc) is 3.44. The minimum absolute atomic E-state index is 0.0627. The third-order valence-electron chi connectivity index (χ3n) is 4.77. The number of fused-ring (bicyclic) bond motifs is 1. The van der Waals surface area contributed by atoms with Gasteiger partial charge in [0.15, 0.2) is 0 Å². The number of carboxylic acid groups (broad SMARTS) is 1. The molecular weight excluding hydrogens is 372 g/mol. The van der Waals surface area contributed by atoms with Crippen molar-refractivity contribution in [2.24, 2.45) is 0 Å². The van der Waals surface area contributed by atoms with Crippen molar-refractivity contribution in [2.75, 3.05) is 5.32 Å². The fourth-order valence-electron chi connectivity index (χ4n) is 3.12. The smallest absolute Gasteiger partial charge is 0.352 e. The fourth-order valence-corrected chi connectivity index (χ4v) is 3.12. The molecule has 1 fully saturated rings. The molecule has 29 heavy (non-hydrogen) atoms. The van der Waals surface area contributed by atoms with Gasteiger partial charge in [-0.3, -0.25) is 4.79 Å². The first-order valence-corrected chi connectivity index (χ1v) is 9.30. The van der Waals surface area contributed by atoms with Crippen LogP contribution in [-0.2, 0) is 6.54 Å². The van der Waals surface area contributed by atoms with Crippen LogP contribution in [0.2, 0.25) is 0 Å². The number of carbonyl (C=O) groups is 3. The first kappa shape index (κ1) is 18.5. The molecule has 0 atom stereocenters. The van der Waals surface area contributed by atoms with Crippen molar-refractivity contribution in [1.82, 2.24) is 15.6 Å². The third-order valence-corrected chi connectivity index (χ3v) is 4.77. The van der Waals surface area contributed by atoms with Crippen LogP contribution in [0.15, 0.2) is 48.5 Å². The van der Waals surface area contributed by atoms with Gasteiger partial charge < -0.3 is 26.0 Å². The van der Waals surface area contributed by atoms with Crippen LogP contribution in [0.4, 0.5) is 10.5 Å². The van der Waals surface area contributed by atoms with Gasteiger partial charge in [0.05, 0.1) is 0 Å². The molecule has 1 heterocycles. The Bertz CT molecular complexity index is 1080. The van der Waals surface area contributed by atoms with Crippen LogP contribution in [0, 0.1) is 0 Å². The fraction of sp³-hybridized carbons (Fsp3) is 0.190. The van der Waals surface area contributed by atoms with Crippen molar-refractivity contribution in [2.45, 2.75) is 25.4 Å². The number of anilines is 1. The number of benzene rings is 2. The van der Waals surface area contributed by atoms with Crippen LogP contribution >= 0.6 is 0 Å². The summed E-state index contributed by atoms with van der Waals surface area (Å²) in [5, 5.41) is 18.5. The van der Waals surface area contributed by atoms with E-state index in [1.165, 1.54) is 0 Å². The Kier molecular flexibility index (Phi) is 4.90. The molecule has 5 N–H and O–H groups in total. The van der Waals surface area contributed by atoms with E-state index in [9.17, 15) is 19.5 Å². The summed E-state index contributed by atoms with van der Waals surface area (Å²) in [7, 11) is 0. The number of urea groups is 1. The van der Waals surface area contributed by atoms with Crippen LogP contribution in [-0.4, -0.2) is 34.0 Å². The SMILES string of the molecule is O=C(Nc1ccc(C(=O)NCc2c(C(=O)O)[nH]c3ccccc23)cc1)NC1CC1. The van der Waals surface area contributed by atoms with Gasteiger partial charge in [-0.2, -0.15) is 0 Å². The number of amides is 3. The molecule has 1 aromatic heterocycles. The highest BCUT2D eigenvalue weighted by atomic mass is 16.4. The predicted octanol–water partition coefficient (Wildman–Crippen LogP) is 3.08. The Labute approximate surface area is 166 Å².